The van der Waals surface area contributed by atoms with Crippen LogP contribution < -0.4 is 5.14 Å². The van der Waals surface area contributed by atoms with Gasteiger partial charge in [-0.25, -0.2) is 13.6 Å². The Balaban J connectivity index is 2.47. The van der Waals surface area contributed by atoms with Crippen LogP contribution in [0.1, 0.15) is 24.5 Å². The molecule has 5 nitrogen and oxygen atoms in total. The third-order valence-electron chi connectivity index (χ3n) is 2.14. The van der Waals surface area contributed by atoms with Crippen LogP contribution in [0.5, 0.6) is 0 Å². The van der Waals surface area contributed by atoms with Gasteiger partial charge in [-0.05, 0) is 12.8 Å². The highest BCUT2D eigenvalue weighted by atomic mass is 32.2. The third-order valence-corrected chi connectivity index (χ3v) is 3.11. The third kappa shape index (κ3) is 1.59. The van der Waals surface area contributed by atoms with Crippen molar-refractivity contribution in [2.24, 2.45) is 12.2 Å². The molecule has 6 heteroatoms. The number of rotatable bonds is 2. The van der Waals surface area contributed by atoms with Gasteiger partial charge in [-0.1, -0.05) is 0 Å². The maximum Gasteiger partial charge on any atom is 0.255 e. The van der Waals surface area contributed by atoms with Crippen molar-refractivity contribution in [1.29, 1.82) is 0 Å². The molecule has 1 heterocycles. The topological polar surface area (TPSA) is 78.0 Å². The van der Waals surface area contributed by atoms with E-state index in [1.807, 2.05) is 0 Å². The van der Waals surface area contributed by atoms with Gasteiger partial charge in [-0.2, -0.15) is 5.10 Å². The number of hydrogen-bond acceptors (Lipinski definition) is 3. The van der Waals surface area contributed by atoms with E-state index in [1.54, 1.807) is 13.1 Å². The molecule has 0 bridgehead atoms. The normalized spacial score (nSPS) is 17.7. The minimum Gasteiger partial charge on any atom is -0.256 e. The molecule has 1 aliphatic rings. The lowest BCUT2D eigenvalue weighted by Crippen LogP contribution is -2.16. The maximum atomic E-state index is 11.0. The standard InChI is InChI=1S/C7H11N3O2S/c1-10-7(13(8,11)12)4-6(9-10)5-2-3-5/h4-5H,2-3H2,1H3,(H2,8,11,12). The first kappa shape index (κ1) is 8.71. The van der Waals surface area contributed by atoms with Crippen LogP contribution in [0.3, 0.4) is 0 Å². The van der Waals surface area contributed by atoms with Gasteiger partial charge in [0.25, 0.3) is 10.0 Å². The van der Waals surface area contributed by atoms with Crippen LogP contribution >= 0.6 is 0 Å². The summed E-state index contributed by atoms with van der Waals surface area (Å²) in [5, 5.41) is 9.19. The first-order valence-electron chi connectivity index (χ1n) is 4.05. The SMILES string of the molecule is Cn1nc(C2CC2)cc1S(N)(=O)=O. The van der Waals surface area contributed by atoms with Crippen molar-refractivity contribution in [2.45, 2.75) is 23.8 Å². The van der Waals surface area contributed by atoms with E-state index >= 15 is 0 Å². The highest BCUT2D eigenvalue weighted by Gasteiger charge is 2.28. The fraction of sp³-hybridized carbons (Fsp3) is 0.571. The summed E-state index contributed by atoms with van der Waals surface area (Å²) in [5.74, 6) is 0.446. The molecule has 1 saturated carbocycles. The van der Waals surface area contributed by atoms with Crippen LogP contribution in [0.4, 0.5) is 0 Å². The molecule has 13 heavy (non-hydrogen) atoms. The predicted octanol–water partition coefficient (Wildman–Crippen LogP) is -0.0551. The second-order valence-electron chi connectivity index (χ2n) is 3.35. The Labute approximate surface area is 76.6 Å². The summed E-state index contributed by atoms with van der Waals surface area (Å²) in [7, 11) is -2.03. The van der Waals surface area contributed by atoms with Crippen LogP contribution in [-0.4, -0.2) is 18.2 Å². The summed E-state index contributed by atoms with van der Waals surface area (Å²) in [5.41, 5.74) is 0.839. The molecular formula is C7H11N3O2S. The lowest BCUT2D eigenvalue weighted by atomic mass is 10.3. The van der Waals surface area contributed by atoms with E-state index in [-0.39, 0.29) is 5.03 Å². The highest BCUT2D eigenvalue weighted by Crippen LogP contribution is 2.39. The average molecular weight is 201 g/mol. The van der Waals surface area contributed by atoms with Crippen molar-refractivity contribution in [1.82, 2.24) is 9.78 Å². The smallest absolute Gasteiger partial charge is 0.255 e. The van der Waals surface area contributed by atoms with Crippen molar-refractivity contribution in [2.75, 3.05) is 0 Å². The van der Waals surface area contributed by atoms with Gasteiger partial charge in [-0.3, -0.25) is 4.68 Å². The zero-order valence-corrected chi connectivity index (χ0v) is 8.08. The minimum absolute atomic E-state index is 0.0920. The number of nitrogens with zero attached hydrogens (tertiary/aromatic N) is 2. The Bertz CT molecular complexity index is 431. The first-order valence-corrected chi connectivity index (χ1v) is 5.60. The Morgan fingerprint density at radius 3 is 2.62 bits per heavy atom. The van der Waals surface area contributed by atoms with Gasteiger partial charge in [0, 0.05) is 19.0 Å². The molecule has 0 unspecified atom stereocenters. The largest absolute Gasteiger partial charge is 0.256 e. The van der Waals surface area contributed by atoms with E-state index in [0.29, 0.717) is 5.92 Å². The molecule has 0 aliphatic heterocycles. The number of sulfonamides is 1. The van der Waals surface area contributed by atoms with Crippen molar-refractivity contribution in [3.05, 3.63) is 11.8 Å². The Morgan fingerprint density at radius 1 is 1.62 bits per heavy atom. The molecule has 1 fully saturated rings. The van der Waals surface area contributed by atoms with Crippen LogP contribution in [0.15, 0.2) is 11.1 Å². The second kappa shape index (κ2) is 2.55. The van der Waals surface area contributed by atoms with E-state index in [1.165, 1.54) is 4.68 Å². The molecule has 2 rings (SSSR count). The molecule has 0 saturated heterocycles. The molecule has 0 aromatic carbocycles. The van der Waals surface area contributed by atoms with E-state index in [2.05, 4.69) is 5.10 Å². The molecule has 72 valence electrons. The summed E-state index contributed by atoms with van der Waals surface area (Å²) >= 11 is 0. The predicted molar refractivity (Wildman–Crippen MR) is 46.6 cm³/mol. The molecule has 1 aromatic heterocycles. The zero-order valence-electron chi connectivity index (χ0n) is 7.27. The summed E-state index contributed by atoms with van der Waals surface area (Å²) < 4.78 is 23.4. The van der Waals surface area contributed by atoms with Gasteiger partial charge in [0.1, 0.15) is 0 Å². The second-order valence-corrected chi connectivity index (χ2v) is 4.86. The summed E-state index contributed by atoms with van der Waals surface area (Å²) in [6, 6.07) is 1.56. The fourth-order valence-corrected chi connectivity index (χ4v) is 2.01. The van der Waals surface area contributed by atoms with Crippen molar-refractivity contribution in [3.63, 3.8) is 0 Å². The average Bonchev–Trinajstić information content (AvgIpc) is 2.73. The van der Waals surface area contributed by atoms with Crippen LogP contribution in [0.25, 0.3) is 0 Å². The minimum atomic E-state index is -3.62. The molecular weight excluding hydrogens is 190 g/mol. The lowest BCUT2D eigenvalue weighted by Gasteiger charge is -1.95. The van der Waals surface area contributed by atoms with Gasteiger partial charge in [0.2, 0.25) is 0 Å². The van der Waals surface area contributed by atoms with Crippen LogP contribution in [0.2, 0.25) is 0 Å². The molecule has 1 aliphatic carbocycles. The van der Waals surface area contributed by atoms with Crippen LogP contribution in [-0.2, 0) is 17.1 Å². The zero-order chi connectivity index (χ0) is 9.64. The first-order chi connectivity index (χ1) is 5.98. The fourth-order valence-electron chi connectivity index (χ4n) is 1.32. The Hall–Kier alpha value is -0.880. The Morgan fingerprint density at radius 2 is 2.23 bits per heavy atom. The van der Waals surface area contributed by atoms with Crippen molar-refractivity contribution < 1.29 is 8.42 Å². The number of aromatic nitrogens is 2. The van der Waals surface area contributed by atoms with Crippen LogP contribution in [0, 0.1) is 0 Å². The maximum absolute atomic E-state index is 11.0. The Kier molecular flexibility index (Phi) is 1.71. The van der Waals surface area contributed by atoms with Gasteiger partial charge in [0.05, 0.1) is 5.69 Å². The van der Waals surface area contributed by atoms with E-state index in [0.717, 1.165) is 18.5 Å². The number of aryl methyl sites for hydroxylation is 1. The molecule has 0 atom stereocenters. The van der Waals surface area contributed by atoms with Gasteiger partial charge in [0.15, 0.2) is 5.03 Å². The number of primary sulfonamides is 1. The van der Waals surface area contributed by atoms with Gasteiger partial charge < -0.3 is 0 Å². The molecule has 0 amide bonds. The van der Waals surface area contributed by atoms with E-state index in [9.17, 15) is 8.42 Å². The molecule has 0 radical (unpaired) electrons. The summed E-state index contributed by atoms with van der Waals surface area (Å²) in [4.78, 5) is 0. The van der Waals surface area contributed by atoms with Gasteiger partial charge >= 0.3 is 0 Å². The number of nitrogens with two attached hydrogens (primary N) is 1. The van der Waals surface area contributed by atoms with E-state index < -0.39 is 10.0 Å². The van der Waals surface area contributed by atoms with Crippen molar-refractivity contribution in [3.8, 4) is 0 Å². The molecule has 1 aromatic rings. The lowest BCUT2D eigenvalue weighted by molar-refractivity contribution is 0.578. The monoisotopic (exact) mass is 201 g/mol. The van der Waals surface area contributed by atoms with Gasteiger partial charge in [-0.15, -0.1) is 0 Å². The highest BCUT2D eigenvalue weighted by molar-refractivity contribution is 7.89. The van der Waals surface area contributed by atoms with E-state index in [4.69, 9.17) is 5.14 Å². The van der Waals surface area contributed by atoms with Crippen molar-refractivity contribution >= 4 is 10.0 Å². The number of hydrogen-bond donors (Lipinski definition) is 1. The quantitative estimate of drug-likeness (QED) is 0.728. The summed E-state index contributed by atoms with van der Waals surface area (Å²) in [6.07, 6.45) is 2.20. The summed E-state index contributed by atoms with van der Waals surface area (Å²) in [6.45, 7) is 0. The molecule has 0 spiro atoms. The molecule has 2 N–H and O–H groups in total.